The molecule has 1 aliphatic rings. The van der Waals surface area contributed by atoms with Gasteiger partial charge in [-0.1, -0.05) is 15.9 Å². The van der Waals surface area contributed by atoms with Crippen molar-refractivity contribution in [3.05, 3.63) is 26.7 Å². The summed E-state index contributed by atoms with van der Waals surface area (Å²) in [7, 11) is 0. The Bertz CT molecular complexity index is 433. The van der Waals surface area contributed by atoms with E-state index in [4.69, 9.17) is 0 Å². The van der Waals surface area contributed by atoms with Crippen LogP contribution >= 0.6 is 15.9 Å². The molecule has 1 fully saturated rings. The number of phenols is 1. The minimum atomic E-state index is -0.0881. The van der Waals surface area contributed by atoms with Crippen molar-refractivity contribution >= 4 is 15.9 Å². The predicted molar refractivity (Wildman–Crippen MR) is 74.6 cm³/mol. The quantitative estimate of drug-likeness (QED) is 0.829. The van der Waals surface area contributed by atoms with Gasteiger partial charge in [0, 0.05) is 15.6 Å². The molecule has 2 N–H and O–H groups in total. The van der Waals surface area contributed by atoms with Gasteiger partial charge in [0.1, 0.15) is 5.75 Å². The van der Waals surface area contributed by atoms with E-state index in [1.165, 1.54) is 6.42 Å². The highest BCUT2D eigenvalue weighted by Gasteiger charge is 2.35. The van der Waals surface area contributed by atoms with Gasteiger partial charge in [0.25, 0.3) is 0 Å². The number of hydrogen-bond donors (Lipinski definition) is 2. The molecule has 0 aromatic heterocycles. The number of hydrogen-bond acceptors (Lipinski definition) is 2. The molecule has 2 nitrogen and oxygen atoms in total. The van der Waals surface area contributed by atoms with Crippen LogP contribution < -0.4 is 5.32 Å². The molecule has 17 heavy (non-hydrogen) atoms. The highest BCUT2D eigenvalue weighted by molar-refractivity contribution is 9.10. The summed E-state index contributed by atoms with van der Waals surface area (Å²) in [6, 6.07) is 0. The maximum Gasteiger partial charge on any atom is 0.124 e. The molecule has 1 saturated heterocycles. The lowest BCUT2D eigenvalue weighted by Gasteiger charge is -2.30. The van der Waals surface area contributed by atoms with Crippen LogP contribution in [-0.2, 0) is 5.54 Å². The first-order valence-corrected chi connectivity index (χ1v) is 6.91. The average Bonchev–Trinajstić information content (AvgIpc) is 2.71. The summed E-state index contributed by atoms with van der Waals surface area (Å²) >= 11 is 3.65. The molecule has 1 unspecified atom stereocenters. The van der Waals surface area contributed by atoms with Crippen molar-refractivity contribution in [3.63, 3.8) is 0 Å². The van der Waals surface area contributed by atoms with Crippen molar-refractivity contribution in [2.45, 2.75) is 46.1 Å². The molecule has 0 amide bonds. The summed E-state index contributed by atoms with van der Waals surface area (Å²) in [5.41, 5.74) is 4.24. The van der Waals surface area contributed by atoms with Crippen LogP contribution in [0.25, 0.3) is 0 Å². The van der Waals surface area contributed by atoms with Gasteiger partial charge in [-0.05, 0) is 63.8 Å². The topological polar surface area (TPSA) is 32.3 Å². The van der Waals surface area contributed by atoms with E-state index in [1.54, 1.807) is 0 Å². The van der Waals surface area contributed by atoms with Crippen LogP contribution in [0.5, 0.6) is 5.75 Å². The van der Waals surface area contributed by atoms with Crippen molar-refractivity contribution in [2.24, 2.45) is 0 Å². The Morgan fingerprint density at radius 1 is 1.18 bits per heavy atom. The monoisotopic (exact) mass is 297 g/mol. The Labute approximate surface area is 112 Å². The van der Waals surface area contributed by atoms with E-state index in [0.717, 1.165) is 39.7 Å². The molecule has 0 saturated carbocycles. The SMILES string of the molecule is Cc1c(C)c(Br)c(C)c(C2(C)CCCN2)c1O. The fraction of sp³-hybridized carbons (Fsp3) is 0.571. The molecule has 0 aliphatic carbocycles. The zero-order valence-electron chi connectivity index (χ0n) is 10.9. The molecule has 0 radical (unpaired) electrons. The summed E-state index contributed by atoms with van der Waals surface area (Å²) in [6.45, 7) is 9.32. The van der Waals surface area contributed by atoms with Gasteiger partial charge in [-0.15, -0.1) is 0 Å². The predicted octanol–water partition coefficient (Wildman–Crippen LogP) is 3.68. The molecule has 1 atom stereocenters. The minimum Gasteiger partial charge on any atom is -0.507 e. The first-order chi connectivity index (χ1) is 7.88. The van der Waals surface area contributed by atoms with Crippen LogP contribution in [0.3, 0.4) is 0 Å². The van der Waals surface area contributed by atoms with E-state index in [0.29, 0.717) is 5.75 Å². The van der Waals surface area contributed by atoms with Crippen molar-refractivity contribution in [1.29, 1.82) is 0 Å². The second-order valence-electron chi connectivity index (χ2n) is 5.28. The van der Waals surface area contributed by atoms with Gasteiger partial charge in [-0.2, -0.15) is 0 Å². The Hall–Kier alpha value is -0.540. The molecule has 94 valence electrons. The van der Waals surface area contributed by atoms with Crippen LogP contribution in [0.1, 0.15) is 42.0 Å². The fourth-order valence-corrected chi connectivity index (χ4v) is 3.38. The molecule has 0 bridgehead atoms. The van der Waals surface area contributed by atoms with Crippen LogP contribution in [0.2, 0.25) is 0 Å². The molecule has 3 heteroatoms. The van der Waals surface area contributed by atoms with E-state index in [2.05, 4.69) is 35.1 Å². The van der Waals surface area contributed by atoms with Gasteiger partial charge in [-0.3, -0.25) is 0 Å². The normalized spacial score (nSPS) is 24.3. The maximum atomic E-state index is 10.4. The van der Waals surface area contributed by atoms with Crippen LogP contribution in [-0.4, -0.2) is 11.7 Å². The highest BCUT2D eigenvalue weighted by atomic mass is 79.9. The van der Waals surface area contributed by atoms with E-state index in [1.807, 2.05) is 13.8 Å². The Morgan fingerprint density at radius 2 is 1.82 bits per heavy atom. The lowest BCUT2D eigenvalue weighted by molar-refractivity contribution is 0.390. The fourth-order valence-electron chi connectivity index (χ4n) is 2.88. The van der Waals surface area contributed by atoms with Crippen molar-refractivity contribution in [2.75, 3.05) is 6.54 Å². The van der Waals surface area contributed by atoms with Gasteiger partial charge < -0.3 is 10.4 Å². The number of benzene rings is 1. The summed E-state index contributed by atoms with van der Waals surface area (Å²) in [6.07, 6.45) is 2.25. The molecular weight excluding hydrogens is 278 g/mol. The summed E-state index contributed by atoms with van der Waals surface area (Å²) in [5, 5.41) is 14.0. The molecule has 1 aromatic rings. The largest absolute Gasteiger partial charge is 0.507 e. The standard InChI is InChI=1S/C14H20BrNO/c1-8-9(2)13(17)11(10(3)12(8)15)14(4)6-5-7-16-14/h16-17H,5-7H2,1-4H3. The van der Waals surface area contributed by atoms with Crippen molar-refractivity contribution in [1.82, 2.24) is 5.32 Å². The van der Waals surface area contributed by atoms with Gasteiger partial charge in [0.05, 0.1) is 0 Å². The molecule has 0 spiro atoms. The van der Waals surface area contributed by atoms with Crippen LogP contribution in [0.4, 0.5) is 0 Å². The zero-order chi connectivity index (χ0) is 12.8. The Morgan fingerprint density at radius 3 is 2.35 bits per heavy atom. The van der Waals surface area contributed by atoms with Crippen LogP contribution in [0, 0.1) is 20.8 Å². The summed E-state index contributed by atoms with van der Waals surface area (Å²) < 4.78 is 1.12. The van der Waals surface area contributed by atoms with Gasteiger partial charge in [0.2, 0.25) is 0 Å². The number of nitrogens with one attached hydrogen (secondary N) is 1. The zero-order valence-corrected chi connectivity index (χ0v) is 12.5. The van der Waals surface area contributed by atoms with Gasteiger partial charge in [0.15, 0.2) is 0 Å². The number of rotatable bonds is 1. The third kappa shape index (κ3) is 1.89. The molecule has 1 aliphatic heterocycles. The van der Waals surface area contributed by atoms with Crippen molar-refractivity contribution in [3.8, 4) is 5.75 Å². The van der Waals surface area contributed by atoms with Gasteiger partial charge >= 0.3 is 0 Å². The first kappa shape index (κ1) is 12.9. The third-order valence-electron chi connectivity index (χ3n) is 4.11. The number of aromatic hydroxyl groups is 1. The smallest absolute Gasteiger partial charge is 0.124 e. The second kappa shape index (κ2) is 4.29. The van der Waals surface area contributed by atoms with E-state index in [9.17, 15) is 5.11 Å². The first-order valence-electron chi connectivity index (χ1n) is 6.12. The maximum absolute atomic E-state index is 10.4. The Kier molecular flexibility index (Phi) is 3.25. The number of phenolic OH excluding ortho intramolecular Hbond substituents is 1. The molecule has 1 heterocycles. The second-order valence-corrected chi connectivity index (χ2v) is 6.07. The Balaban J connectivity index is 2.69. The molecular formula is C14H20BrNO. The average molecular weight is 298 g/mol. The third-order valence-corrected chi connectivity index (χ3v) is 5.30. The molecule has 2 rings (SSSR count). The number of halogens is 1. The lowest BCUT2D eigenvalue weighted by atomic mass is 9.84. The van der Waals surface area contributed by atoms with E-state index < -0.39 is 0 Å². The summed E-state index contributed by atoms with van der Waals surface area (Å²) in [4.78, 5) is 0. The van der Waals surface area contributed by atoms with Crippen molar-refractivity contribution < 1.29 is 5.11 Å². The van der Waals surface area contributed by atoms with Crippen LogP contribution in [0.15, 0.2) is 4.47 Å². The van der Waals surface area contributed by atoms with E-state index in [-0.39, 0.29) is 5.54 Å². The van der Waals surface area contributed by atoms with E-state index >= 15 is 0 Å². The summed E-state index contributed by atoms with van der Waals surface area (Å²) in [5.74, 6) is 0.458. The molecule has 1 aromatic carbocycles. The highest BCUT2D eigenvalue weighted by Crippen LogP contribution is 2.43. The lowest BCUT2D eigenvalue weighted by Crippen LogP contribution is -2.34. The minimum absolute atomic E-state index is 0.0881. The van der Waals surface area contributed by atoms with Gasteiger partial charge in [-0.25, -0.2) is 0 Å².